The number of esters is 1. The van der Waals surface area contributed by atoms with E-state index in [2.05, 4.69) is 0 Å². The molecule has 0 amide bonds. The first-order valence-corrected chi connectivity index (χ1v) is 8.15. The van der Waals surface area contributed by atoms with Gasteiger partial charge in [0.2, 0.25) is 0 Å². The number of ketones is 1. The van der Waals surface area contributed by atoms with Gasteiger partial charge in [-0.25, -0.2) is 0 Å². The maximum absolute atomic E-state index is 12.6. The van der Waals surface area contributed by atoms with Crippen molar-refractivity contribution in [2.45, 2.75) is 27.2 Å². The van der Waals surface area contributed by atoms with Crippen LogP contribution in [0.15, 0.2) is 22.6 Å². The number of rotatable bonds is 5. The third-order valence-corrected chi connectivity index (χ3v) is 4.30. The van der Waals surface area contributed by atoms with E-state index >= 15 is 0 Å². The summed E-state index contributed by atoms with van der Waals surface area (Å²) in [5.41, 5.74) is 1.08. The second kappa shape index (κ2) is 6.00. The quantitative estimate of drug-likeness (QED) is 0.600. The molecule has 0 saturated heterocycles. The van der Waals surface area contributed by atoms with Crippen LogP contribution in [0.3, 0.4) is 0 Å². The lowest BCUT2D eigenvalue weighted by atomic mass is 10.0. The van der Waals surface area contributed by atoms with Gasteiger partial charge in [-0.2, -0.15) is 0 Å². The molecule has 1 saturated carbocycles. The van der Waals surface area contributed by atoms with Crippen LogP contribution in [-0.2, 0) is 9.53 Å². The number of ether oxygens (including phenoxy) is 1. The van der Waals surface area contributed by atoms with Crippen molar-refractivity contribution in [1.29, 1.82) is 0 Å². The van der Waals surface area contributed by atoms with Crippen LogP contribution in [0.1, 0.15) is 36.4 Å². The van der Waals surface area contributed by atoms with E-state index in [4.69, 9.17) is 20.8 Å². The Hall–Kier alpha value is -1.81. The van der Waals surface area contributed by atoms with E-state index in [-0.39, 0.29) is 29.5 Å². The van der Waals surface area contributed by atoms with Gasteiger partial charge in [0.1, 0.15) is 11.3 Å². The van der Waals surface area contributed by atoms with Crippen molar-refractivity contribution in [2.75, 3.05) is 6.61 Å². The van der Waals surface area contributed by atoms with E-state index in [1.807, 2.05) is 26.8 Å². The molecule has 2 aromatic rings. The van der Waals surface area contributed by atoms with E-state index in [0.717, 1.165) is 11.1 Å². The maximum atomic E-state index is 12.6. The van der Waals surface area contributed by atoms with Gasteiger partial charge in [0, 0.05) is 16.9 Å². The molecule has 1 aromatic heterocycles. The van der Waals surface area contributed by atoms with Crippen LogP contribution >= 0.6 is 11.6 Å². The number of halogens is 1. The molecule has 1 aliphatic carbocycles. The Morgan fingerprint density at radius 2 is 2.04 bits per heavy atom. The highest BCUT2D eigenvalue weighted by molar-refractivity contribution is 6.35. The lowest BCUT2D eigenvalue weighted by Gasteiger charge is -2.06. The molecule has 5 heteroatoms. The summed E-state index contributed by atoms with van der Waals surface area (Å²) in [6, 6.07) is 5.19. The lowest BCUT2D eigenvalue weighted by molar-refractivity contribution is -0.146. The molecule has 122 valence electrons. The molecular weight excluding hydrogens is 316 g/mol. The molecular formula is C18H19ClO4. The average Bonchev–Trinajstić information content (AvgIpc) is 3.19. The van der Waals surface area contributed by atoms with Crippen molar-refractivity contribution in [3.63, 3.8) is 0 Å². The molecule has 2 atom stereocenters. The maximum Gasteiger partial charge on any atom is 0.309 e. The Balaban J connectivity index is 1.73. The van der Waals surface area contributed by atoms with Gasteiger partial charge in [-0.05, 0) is 37.5 Å². The van der Waals surface area contributed by atoms with Crippen LogP contribution < -0.4 is 0 Å². The summed E-state index contributed by atoms with van der Waals surface area (Å²) in [6.45, 7) is 6.18. The number of fused-ring (bicyclic) bond motifs is 1. The first kappa shape index (κ1) is 16.1. The SMILES string of the molecule is Cc1cc2c(Cl)cc(C(=O)C3CC3C(=O)OCC(C)C)cc2o1. The zero-order valence-electron chi connectivity index (χ0n) is 13.4. The van der Waals surface area contributed by atoms with Crippen LogP contribution in [-0.4, -0.2) is 18.4 Å². The Morgan fingerprint density at radius 1 is 1.30 bits per heavy atom. The Bertz CT molecular complexity index is 775. The van der Waals surface area contributed by atoms with Crippen LogP contribution in [0.2, 0.25) is 5.02 Å². The summed E-state index contributed by atoms with van der Waals surface area (Å²) in [7, 11) is 0. The second-order valence-electron chi connectivity index (χ2n) is 6.56. The number of benzene rings is 1. The third kappa shape index (κ3) is 3.27. The Morgan fingerprint density at radius 3 is 2.74 bits per heavy atom. The molecule has 23 heavy (non-hydrogen) atoms. The van der Waals surface area contributed by atoms with Crippen molar-refractivity contribution >= 4 is 34.3 Å². The zero-order valence-corrected chi connectivity index (χ0v) is 14.1. The van der Waals surface area contributed by atoms with Crippen molar-refractivity contribution in [1.82, 2.24) is 0 Å². The van der Waals surface area contributed by atoms with Crippen molar-refractivity contribution in [3.8, 4) is 0 Å². The van der Waals surface area contributed by atoms with Crippen LogP contribution in [0.25, 0.3) is 11.0 Å². The molecule has 0 N–H and O–H groups in total. The summed E-state index contributed by atoms with van der Waals surface area (Å²) in [6.07, 6.45) is 0.544. The van der Waals surface area contributed by atoms with Gasteiger partial charge in [-0.3, -0.25) is 9.59 Å². The summed E-state index contributed by atoms with van der Waals surface area (Å²) in [5.74, 6) is 0.0454. The molecule has 2 unspecified atom stereocenters. The fraction of sp³-hybridized carbons (Fsp3) is 0.444. The highest BCUT2D eigenvalue weighted by Gasteiger charge is 2.49. The van der Waals surface area contributed by atoms with E-state index in [9.17, 15) is 9.59 Å². The average molecular weight is 335 g/mol. The molecule has 1 heterocycles. The molecule has 3 rings (SSSR count). The zero-order chi connectivity index (χ0) is 16.7. The minimum atomic E-state index is -0.325. The normalized spacial score (nSPS) is 20.0. The number of hydrogen-bond donors (Lipinski definition) is 0. The number of hydrogen-bond acceptors (Lipinski definition) is 4. The van der Waals surface area contributed by atoms with E-state index in [1.54, 1.807) is 12.1 Å². The molecule has 0 spiro atoms. The van der Waals surface area contributed by atoms with Gasteiger partial charge in [-0.1, -0.05) is 25.4 Å². The number of carbonyl (C=O) groups excluding carboxylic acids is 2. The van der Waals surface area contributed by atoms with Crippen LogP contribution in [0.5, 0.6) is 0 Å². The van der Waals surface area contributed by atoms with Crippen molar-refractivity contribution < 1.29 is 18.7 Å². The smallest absolute Gasteiger partial charge is 0.309 e. The number of furan rings is 1. The molecule has 4 nitrogen and oxygen atoms in total. The fourth-order valence-electron chi connectivity index (χ4n) is 2.68. The third-order valence-electron chi connectivity index (χ3n) is 3.98. The monoisotopic (exact) mass is 334 g/mol. The summed E-state index contributed by atoms with van der Waals surface area (Å²) >= 11 is 6.22. The fourth-order valence-corrected chi connectivity index (χ4v) is 2.95. The Kier molecular flexibility index (Phi) is 4.19. The molecule has 0 bridgehead atoms. The highest BCUT2D eigenvalue weighted by atomic mass is 35.5. The van der Waals surface area contributed by atoms with E-state index < -0.39 is 0 Å². The van der Waals surface area contributed by atoms with Crippen LogP contribution in [0.4, 0.5) is 0 Å². The predicted octanol–water partition coefficient (Wildman–Crippen LogP) is 4.41. The molecule has 1 aliphatic rings. The van der Waals surface area contributed by atoms with Gasteiger partial charge < -0.3 is 9.15 Å². The summed E-state index contributed by atoms with van der Waals surface area (Å²) in [4.78, 5) is 24.5. The summed E-state index contributed by atoms with van der Waals surface area (Å²) < 4.78 is 10.8. The standard InChI is InChI=1S/C18H19ClO4/c1-9(2)8-22-18(21)13-7-12(13)17(20)11-5-15(19)14-4-10(3)23-16(14)6-11/h4-6,9,12-13H,7-8H2,1-3H3. The molecule has 1 aromatic carbocycles. The Labute approximate surface area is 139 Å². The predicted molar refractivity (Wildman–Crippen MR) is 87.7 cm³/mol. The van der Waals surface area contributed by atoms with E-state index in [1.165, 1.54) is 0 Å². The summed E-state index contributed by atoms with van der Waals surface area (Å²) in [5, 5.41) is 1.28. The topological polar surface area (TPSA) is 56.5 Å². The largest absolute Gasteiger partial charge is 0.465 e. The second-order valence-corrected chi connectivity index (χ2v) is 6.97. The van der Waals surface area contributed by atoms with Crippen LogP contribution in [0, 0.1) is 24.7 Å². The van der Waals surface area contributed by atoms with Gasteiger partial charge in [0.15, 0.2) is 5.78 Å². The van der Waals surface area contributed by atoms with Gasteiger partial charge >= 0.3 is 5.97 Å². The van der Waals surface area contributed by atoms with E-state index in [0.29, 0.717) is 29.2 Å². The number of aryl methyl sites for hydroxylation is 1. The first-order chi connectivity index (χ1) is 10.9. The van der Waals surface area contributed by atoms with Gasteiger partial charge in [0.05, 0.1) is 17.5 Å². The van der Waals surface area contributed by atoms with Crippen molar-refractivity contribution in [2.24, 2.45) is 17.8 Å². The number of Topliss-reactive ketones (excluding diaryl/α,β-unsaturated/α-hetero) is 1. The molecule has 0 radical (unpaired) electrons. The highest BCUT2D eigenvalue weighted by Crippen LogP contribution is 2.43. The van der Waals surface area contributed by atoms with Gasteiger partial charge in [-0.15, -0.1) is 0 Å². The minimum absolute atomic E-state index is 0.0747. The molecule has 1 fully saturated rings. The first-order valence-electron chi connectivity index (χ1n) is 7.77. The minimum Gasteiger partial charge on any atom is -0.465 e. The van der Waals surface area contributed by atoms with Gasteiger partial charge in [0.25, 0.3) is 0 Å². The number of carbonyl (C=O) groups is 2. The lowest BCUT2D eigenvalue weighted by Crippen LogP contribution is -2.14. The molecule has 0 aliphatic heterocycles. The van der Waals surface area contributed by atoms with Crippen molar-refractivity contribution in [3.05, 3.63) is 34.5 Å².